The van der Waals surface area contributed by atoms with Gasteiger partial charge in [-0.15, -0.1) is 0 Å². The van der Waals surface area contributed by atoms with E-state index in [0.717, 1.165) is 33.4 Å². The van der Waals surface area contributed by atoms with Gasteiger partial charge in [-0.25, -0.2) is 0 Å². The highest BCUT2D eigenvalue weighted by atomic mass is 32.1. The van der Waals surface area contributed by atoms with Crippen LogP contribution in [-0.2, 0) is 58.4 Å². The zero-order valence-electron chi connectivity index (χ0n) is 32.3. The number of esters is 2. The third kappa shape index (κ3) is 12.9. The van der Waals surface area contributed by atoms with Crippen LogP contribution >= 0.6 is 12.2 Å². The molecule has 0 aliphatic heterocycles. The van der Waals surface area contributed by atoms with Gasteiger partial charge in [0.05, 0.1) is 13.1 Å². The molecule has 0 aliphatic rings. The summed E-state index contributed by atoms with van der Waals surface area (Å²) in [5.74, 6) is -0.685. The van der Waals surface area contributed by atoms with E-state index < -0.39 is 5.91 Å². The minimum absolute atomic E-state index is 0.00359. The molecule has 278 valence electrons. The van der Waals surface area contributed by atoms with Crippen LogP contribution in [0.25, 0.3) is 0 Å². The SMILES string of the molecule is CC(C)(C)c1cc(CCC(=O)OCCNC(=O)C(=S)NCCOC(=O)CCc2cc(C(C)(C)C)c(O)c(C(C)(C)C)c2)cc(C(C)(C)C)c1O. The Morgan fingerprint density at radius 2 is 0.880 bits per heavy atom. The van der Waals surface area contributed by atoms with Crippen molar-refractivity contribution in [2.75, 3.05) is 26.3 Å². The Hall–Kier alpha value is -3.66. The molecule has 2 aromatic rings. The quantitative estimate of drug-likeness (QED) is 0.105. The first kappa shape index (κ1) is 42.5. The molecule has 0 atom stereocenters. The highest BCUT2D eigenvalue weighted by Crippen LogP contribution is 2.41. The lowest BCUT2D eigenvalue weighted by atomic mass is 9.78. The summed E-state index contributed by atoms with van der Waals surface area (Å²) >= 11 is 5.14. The molecule has 0 aromatic heterocycles. The molecule has 0 unspecified atom stereocenters. The van der Waals surface area contributed by atoms with E-state index in [1.807, 2.05) is 107 Å². The highest BCUT2D eigenvalue weighted by molar-refractivity contribution is 7.82. The number of hydrogen-bond donors (Lipinski definition) is 4. The molecular weight excluding hydrogens is 653 g/mol. The summed E-state index contributed by atoms with van der Waals surface area (Å²) in [5, 5.41) is 27.2. The van der Waals surface area contributed by atoms with Crippen molar-refractivity contribution in [3.05, 3.63) is 57.6 Å². The standard InChI is InChI=1S/C40H60N2O7S/c1-37(2,3)27-21-25(22-28(33(27)45)38(4,5)6)13-15-31(43)48-19-17-41-35(47)36(50)42-18-20-49-32(44)16-14-26-23-29(39(7,8)9)34(46)30(24-26)40(10,11)12/h21-24,45-46H,13-20H2,1-12H3,(H,41,47)(H,42,50). The second kappa shape index (κ2) is 17.0. The summed E-state index contributed by atoms with van der Waals surface area (Å²) in [4.78, 5) is 37.2. The Balaban J connectivity index is 1.74. The Labute approximate surface area is 304 Å². The number of phenols is 2. The van der Waals surface area contributed by atoms with Crippen molar-refractivity contribution in [1.29, 1.82) is 0 Å². The highest BCUT2D eigenvalue weighted by Gasteiger charge is 2.28. The van der Waals surface area contributed by atoms with Crippen molar-refractivity contribution < 1.29 is 34.1 Å². The van der Waals surface area contributed by atoms with E-state index >= 15 is 0 Å². The molecule has 1 amide bonds. The van der Waals surface area contributed by atoms with Gasteiger partial charge in [-0.3, -0.25) is 14.4 Å². The number of phenolic OH excluding ortho intramolecular Hbond substituents is 2. The van der Waals surface area contributed by atoms with Crippen molar-refractivity contribution >= 4 is 35.1 Å². The largest absolute Gasteiger partial charge is 0.507 e. The summed E-state index contributed by atoms with van der Waals surface area (Å²) < 4.78 is 10.6. The molecule has 0 bridgehead atoms. The van der Waals surface area contributed by atoms with Crippen molar-refractivity contribution in [3.63, 3.8) is 0 Å². The number of hydrogen-bond acceptors (Lipinski definition) is 8. The molecule has 4 N–H and O–H groups in total. The number of amides is 1. The molecule has 0 radical (unpaired) electrons. The normalized spacial score (nSPS) is 12.3. The van der Waals surface area contributed by atoms with Crippen molar-refractivity contribution in [2.24, 2.45) is 0 Å². The number of ether oxygens (including phenoxy) is 2. The van der Waals surface area contributed by atoms with Crippen LogP contribution in [0.2, 0.25) is 0 Å². The number of benzene rings is 2. The fourth-order valence-corrected chi connectivity index (χ4v) is 5.59. The molecule has 9 nitrogen and oxygen atoms in total. The van der Waals surface area contributed by atoms with Gasteiger partial charge in [0.1, 0.15) is 24.7 Å². The summed E-state index contributed by atoms with van der Waals surface area (Å²) in [5.41, 5.74) is 4.24. The molecular formula is C40H60N2O7S. The molecule has 0 fully saturated rings. The number of carbonyl (C=O) groups excluding carboxylic acids is 3. The topological polar surface area (TPSA) is 134 Å². The number of aryl methyl sites for hydroxylation is 2. The van der Waals surface area contributed by atoms with Gasteiger partial charge in [-0.05, 0) is 67.9 Å². The van der Waals surface area contributed by atoms with Gasteiger partial charge >= 0.3 is 11.9 Å². The van der Waals surface area contributed by atoms with Gasteiger partial charge in [0, 0.05) is 12.8 Å². The fraction of sp³-hybridized carbons (Fsp3) is 0.600. The number of nitrogens with one attached hydrogen (secondary N) is 2. The van der Waals surface area contributed by atoms with Crippen LogP contribution in [0.15, 0.2) is 24.3 Å². The summed E-state index contributed by atoms with van der Waals surface area (Å²) in [6, 6.07) is 7.82. The van der Waals surface area contributed by atoms with Crippen LogP contribution in [0.1, 0.15) is 129 Å². The number of aromatic hydroxyl groups is 2. The monoisotopic (exact) mass is 712 g/mol. The molecule has 2 rings (SSSR count). The van der Waals surface area contributed by atoms with Crippen LogP contribution in [0, 0.1) is 0 Å². The van der Waals surface area contributed by atoms with Crippen molar-refractivity contribution in [3.8, 4) is 11.5 Å². The first-order valence-electron chi connectivity index (χ1n) is 17.4. The first-order chi connectivity index (χ1) is 22.8. The third-order valence-corrected chi connectivity index (χ3v) is 8.64. The van der Waals surface area contributed by atoms with E-state index in [1.54, 1.807) is 0 Å². The number of thiocarbonyl (C=S) groups is 1. The smallest absolute Gasteiger partial charge is 0.306 e. The van der Waals surface area contributed by atoms with E-state index in [4.69, 9.17) is 21.7 Å². The van der Waals surface area contributed by atoms with E-state index in [1.165, 1.54) is 0 Å². The lowest BCUT2D eigenvalue weighted by molar-refractivity contribution is -0.144. The van der Waals surface area contributed by atoms with E-state index in [-0.39, 0.29) is 77.7 Å². The van der Waals surface area contributed by atoms with Gasteiger partial charge < -0.3 is 30.3 Å². The van der Waals surface area contributed by atoms with Gasteiger partial charge in [0.25, 0.3) is 5.91 Å². The number of carbonyl (C=O) groups is 3. The Morgan fingerprint density at radius 3 is 1.18 bits per heavy atom. The molecule has 0 aliphatic carbocycles. The average Bonchev–Trinajstić information content (AvgIpc) is 2.97. The second-order valence-corrected chi connectivity index (χ2v) is 17.4. The van der Waals surface area contributed by atoms with E-state index in [2.05, 4.69) is 10.6 Å². The predicted molar refractivity (Wildman–Crippen MR) is 203 cm³/mol. The maximum atomic E-state index is 12.4. The zero-order valence-corrected chi connectivity index (χ0v) is 33.1. The van der Waals surface area contributed by atoms with Crippen LogP contribution < -0.4 is 10.6 Å². The fourth-order valence-electron chi connectivity index (χ4n) is 5.42. The molecule has 0 heterocycles. The molecule has 0 spiro atoms. The average molecular weight is 713 g/mol. The Morgan fingerprint density at radius 1 is 0.580 bits per heavy atom. The van der Waals surface area contributed by atoms with Crippen LogP contribution in [0.5, 0.6) is 11.5 Å². The van der Waals surface area contributed by atoms with Gasteiger partial charge in [-0.2, -0.15) is 0 Å². The first-order valence-corrected chi connectivity index (χ1v) is 17.8. The minimum atomic E-state index is -0.521. The van der Waals surface area contributed by atoms with E-state index in [9.17, 15) is 24.6 Å². The Bertz CT molecular complexity index is 1350. The third-order valence-electron chi connectivity index (χ3n) is 8.31. The van der Waals surface area contributed by atoms with Gasteiger partial charge in [0.15, 0.2) is 4.99 Å². The Kier molecular flexibility index (Phi) is 14.5. The molecule has 0 saturated heterocycles. The second-order valence-electron chi connectivity index (χ2n) is 17.0. The minimum Gasteiger partial charge on any atom is -0.507 e. The summed E-state index contributed by atoms with van der Waals surface area (Å²) in [6.07, 6.45) is 1.27. The molecule has 0 saturated carbocycles. The van der Waals surface area contributed by atoms with Gasteiger partial charge in [-0.1, -0.05) is 120 Å². The van der Waals surface area contributed by atoms with Gasteiger partial charge in [0.2, 0.25) is 0 Å². The molecule has 50 heavy (non-hydrogen) atoms. The lowest BCUT2D eigenvalue weighted by Crippen LogP contribution is -2.41. The summed E-state index contributed by atoms with van der Waals surface area (Å²) in [7, 11) is 0. The maximum absolute atomic E-state index is 12.4. The van der Waals surface area contributed by atoms with Crippen LogP contribution in [0.4, 0.5) is 0 Å². The van der Waals surface area contributed by atoms with Crippen molar-refractivity contribution in [1.82, 2.24) is 10.6 Å². The zero-order chi connectivity index (χ0) is 38.2. The lowest BCUT2D eigenvalue weighted by Gasteiger charge is -2.28. The van der Waals surface area contributed by atoms with Crippen molar-refractivity contribution in [2.45, 2.75) is 130 Å². The maximum Gasteiger partial charge on any atom is 0.306 e. The number of rotatable bonds is 12. The summed E-state index contributed by atoms with van der Waals surface area (Å²) in [6.45, 7) is 24.8. The molecule has 2 aromatic carbocycles. The van der Waals surface area contributed by atoms with Crippen LogP contribution in [0.3, 0.4) is 0 Å². The van der Waals surface area contributed by atoms with E-state index in [0.29, 0.717) is 24.3 Å². The predicted octanol–water partition coefficient (Wildman–Crippen LogP) is 6.97. The van der Waals surface area contributed by atoms with Crippen LogP contribution in [-0.4, -0.2) is 59.4 Å². The molecule has 10 heteroatoms.